The van der Waals surface area contributed by atoms with E-state index < -0.39 is 5.60 Å². The fourth-order valence-corrected chi connectivity index (χ4v) is 2.43. The maximum Gasteiger partial charge on any atom is 0.0693 e. The van der Waals surface area contributed by atoms with Crippen molar-refractivity contribution >= 4 is 11.3 Å². The van der Waals surface area contributed by atoms with Gasteiger partial charge in [0.05, 0.1) is 5.60 Å². The van der Waals surface area contributed by atoms with Gasteiger partial charge >= 0.3 is 0 Å². The van der Waals surface area contributed by atoms with Crippen molar-refractivity contribution in [2.75, 3.05) is 0 Å². The number of aliphatic hydroxyl groups is 1. The summed E-state index contributed by atoms with van der Waals surface area (Å²) < 4.78 is 0. The Bertz CT molecular complexity index is 230. The fraction of sp³-hybridized carbons (Fsp3) is 0.636. The van der Waals surface area contributed by atoms with E-state index in [9.17, 15) is 5.11 Å². The van der Waals surface area contributed by atoms with E-state index in [0.717, 1.165) is 25.7 Å². The van der Waals surface area contributed by atoms with Crippen molar-refractivity contribution in [2.24, 2.45) is 0 Å². The third kappa shape index (κ3) is 3.12. The highest BCUT2D eigenvalue weighted by molar-refractivity contribution is 7.09. The summed E-state index contributed by atoms with van der Waals surface area (Å²) >= 11 is 1.73. The molecule has 1 heterocycles. The van der Waals surface area contributed by atoms with Crippen molar-refractivity contribution < 1.29 is 5.11 Å². The quantitative estimate of drug-likeness (QED) is 0.770. The minimum atomic E-state index is -0.473. The first-order chi connectivity index (χ1) is 6.20. The van der Waals surface area contributed by atoms with Crippen molar-refractivity contribution in [3.63, 3.8) is 0 Å². The fourth-order valence-electron chi connectivity index (χ4n) is 1.59. The van der Waals surface area contributed by atoms with Crippen molar-refractivity contribution in [3.8, 4) is 0 Å². The molecule has 0 saturated carbocycles. The van der Waals surface area contributed by atoms with Crippen LogP contribution in [0.2, 0.25) is 0 Å². The molecule has 74 valence electrons. The van der Waals surface area contributed by atoms with Gasteiger partial charge in [0.25, 0.3) is 0 Å². The van der Waals surface area contributed by atoms with Gasteiger partial charge in [-0.05, 0) is 24.3 Å². The molecule has 1 aromatic heterocycles. The van der Waals surface area contributed by atoms with Gasteiger partial charge in [0.2, 0.25) is 0 Å². The molecule has 0 spiro atoms. The number of thiophene rings is 1. The Morgan fingerprint density at radius 1 is 1.46 bits per heavy atom. The monoisotopic (exact) mass is 198 g/mol. The number of hydrogen-bond donors (Lipinski definition) is 1. The van der Waals surface area contributed by atoms with Crippen LogP contribution in [0, 0.1) is 0 Å². The van der Waals surface area contributed by atoms with Crippen molar-refractivity contribution in [1.29, 1.82) is 0 Å². The molecule has 13 heavy (non-hydrogen) atoms. The van der Waals surface area contributed by atoms with Gasteiger partial charge in [0.1, 0.15) is 0 Å². The molecule has 1 unspecified atom stereocenters. The Labute approximate surface area is 84.4 Å². The van der Waals surface area contributed by atoms with Crippen LogP contribution in [-0.4, -0.2) is 10.7 Å². The summed E-state index contributed by atoms with van der Waals surface area (Å²) in [6.45, 7) is 4.18. The van der Waals surface area contributed by atoms with Crippen molar-refractivity contribution in [2.45, 2.75) is 45.1 Å². The summed E-state index contributed by atoms with van der Waals surface area (Å²) in [5, 5.41) is 12.3. The molecule has 0 aromatic carbocycles. The third-order valence-corrected chi connectivity index (χ3v) is 3.33. The lowest BCUT2D eigenvalue weighted by atomic mass is 9.91. The molecule has 0 bridgehead atoms. The van der Waals surface area contributed by atoms with Crippen LogP contribution in [-0.2, 0) is 6.42 Å². The summed E-state index contributed by atoms with van der Waals surface area (Å²) in [7, 11) is 0. The lowest BCUT2D eigenvalue weighted by Crippen LogP contribution is -2.29. The minimum Gasteiger partial charge on any atom is -0.390 e. The van der Waals surface area contributed by atoms with Gasteiger partial charge in [0.15, 0.2) is 0 Å². The Hall–Kier alpha value is -0.340. The molecule has 2 heteroatoms. The van der Waals surface area contributed by atoms with E-state index in [1.165, 1.54) is 4.88 Å². The van der Waals surface area contributed by atoms with E-state index in [0.29, 0.717) is 0 Å². The van der Waals surface area contributed by atoms with Crippen LogP contribution in [0.25, 0.3) is 0 Å². The highest BCUT2D eigenvalue weighted by atomic mass is 32.1. The molecule has 1 nitrogen and oxygen atoms in total. The van der Waals surface area contributed by atoms with Gasteiger partial charge in [-0.2, -0.15) is 0 Å². The number of hydrogen-bond acceptors (Lipinski definition) is 2. The molecule has 1 rings (SSSR count). The van der Waals surface area contributed by atoms with E-state index >= 15 is 0 Å². The maximum absolute atomic E-state index is 10.2. The van der Waals surface area contributed by atoms with E-state index in [1.807, 2.05) is 6.07 Å². The molecule has 0 aliphatic heterocycles. The van der Waals surface area contributed by atoms with Crippen LogP contribution in [0.3, 0.4) is 0 Å². The van der Waals surface area contributed by atoms with Crippen LogP contribution in [0.5, 0.6) is 0 Å². The predicted molar refractivity (Wildman–Crippen MR) is 58.2 cm³/mol. The zero-order chi connectivity index (χ0) is 9.73. The normalized spacial score (nSPS) is 15.6. The first kappa shape index (κ1) is 10.7. The summed E-state index contributed by atoms with van der Waals surface area (Å²) in [6.07, 6.45) is 3.62. The van der Waals surface area contributed by atoms with Gasteiger partial charge < -0.3 is 5.11 Å². The van der Waals surface area contributed by atoms with Gasteiger partial charge in [-0.15, -0.1) is 11.3 Å². The second-order valence-corrected chi connectivity index (χ2v) is 4.62. The molecular weight excluding hydrogens is 180 g/mol. The minimum absolute atomic E-state index is 0.473. The molecular formula is C11H18OS. The Morgan fingerprint density at radius 2 is 2.23 bits per heavy atom. The summed E-state index contributed by atoms with van der Waals surface area (Å²) in [5.41, 5.74) is -0.473. The third-order valence-electron chi connectivity index (χ3n) is 2.46. The highest BCUT2D eigenvalue weighted by Crippen LogP contribution is 2.24. The van der Waals surface area contributed by atoms with E-state index in [4.69, 9.17) is 0 Å². The second kappa shape index (κ2) is 4.77. The maximum atomic E-state index is 10.2. The van der Waals surface area contributed by atoms with Crippen molar-refractivity contribution in [3.05, 3.63) is 22.4 Å². The van der Waals surface area contributed by atoms with Crippen LogP contribution >= 0.6 is 11.3 Å². The second-order valence-electron chi connectivity index (χ2n) is 3.58. The lowest BCUT2D eigenvalue weighted by molar-refractivity contribution is 0.0278. The standard InChI is InChI=1S/C11H18OS/c1-3-7-11(12,4-2)9-10-6-5-8-13-10/h5-6,8,12H,3-4,7,9H2,1-2H3. The van der Waals surface area contributed by atoms with Crippen LogP contribution in [0.1, 0.15) is 38.0 Å². The summed E-state index contributed by atoms with van der Waals surface area (Å²) in [6, 6.07) is 4.14. The van der Waals surface area contributed by atoms with Crippen LogP contribution in [0.15, 0.2) is 17.5 Å². The van der Waals surface area contributed by atoms with E-state index in [2.05, 4.69) is 25.3 Å². The zero-order valence-electron chi connectivity index (χ0n) is 8.42. The van der Waals surface area contributed by atoms with Gasteiger partial charge in [-0.1, -0.05) is 26.3 Å². The molecule has 1 aromatic rings. The SMILES string of the molecule is CCCC(O)(CC)Cc1cccs1. The molecule has 0 amide bonds. The summed E-state index contributed by atoms with van der Waals surface area (Å²) in [5.74, 6) is 0. The molecule has 0 fully saturated rings. The van der Waals surface area contributed by atoms with Gasteiger partial charge in [-0.3, -0.25) is 0 Å². The predicted octanol–water partition coefficient (Wildman–Crippen LogP) is 3.23. The van der Waals surface area contributed by atoms with E-state index in [-0.39, 0.29) is 0 Å². The van der Waals surface area contributed by atoms with Gasteiger partial charge in [0, 0.05) is 11.3 Å². The number of rotatable bonds is 5. The van der Waals surface area contributed by atoms with Gasteiger partial charge in [-0.25, -0.2) is 0 Å². The largest absolute Gasteiger partial charge is 0.390 e. The van der Waals surface area contributed by atoms with Crippen molar-refractivity contribution in [1.82, 2.24) is 0 Å². The molecule has 0 radical (unpaired) electrons. The molecule has 0 aliphatic rings. The Morgan fingerprint density at radius 3 is 2.69 bits per heavy atom. The van der Waals surface area contributed by atoms with Crippen LogP contribution < -0.4 is 0 Å². The highest BCUT2D eigenvalue weighted by Gasteiger charge is 2.23. The molecule has 1 atom stereocenters. The molecule has 0 aliphatic carbocycles. The van der Waals surface area contributed by atoms with Crippen LogP contribution in [0.4, 0.5) is 0 Å². The van der Waals surface area contributed by atoms with E-state index in [1.54, 1.807) is 11.3 Å². The Balaban J connectivity index is 2.58. The lowest BCUT2D eigenvalue weighted by Gasteiger charge is -2.25. The molecule has 1 N–H and O–H groups in total. The average Bonchev–Trinajstić information content (AvgIpc) is 2.57. The zero-order valence-corrected chi connectivity index (χ0v) is 9.23. The first-order valence-corrected chi connectivity index (χ1v) is 5.83. The molecule has 0 saturated heterocycles. The average molecular weight is 198 g/mol. The summed E-state index contributed by atoms with van der Waals surface area (Å²) in [4.78, 5) is 1.29. The topological polar surface area (TPSA) is 20.2 Å². The Kier molecular flexibility index (Phi) is 3.94. The smallest absolute Gasteiger partial charge is 0.0693 e. The first-order valence-electron chi connectivity index (χ1n) is 4.95.